The van der Waals surface area contributed by atoms with Crippen LogP contribution in [0, 0.1) is 20.8 Å². The highest BCUT2D eigenvalue weighted by Crippen LogP contribution is 2.25. The van der Waals surface area contributed by atoms with Crippen LogP contribution in [-0.2, 0) is 14.8 Å². The van der Waals surface area contributed by atoms with Gasteiger partial charge in [-0.3, -0.25) is 9.10 Å². The van der Waals surface area contributed by atoms with Crippen LogP contribution in [0.15, 0.2) is 42.5 Å². The molecule has 1 amide bonds. The second-order valence-corrected chi connectivity index (χ2v) is 9.67. The summed E-state index contributed by atoms with van der Waals surface area (Å²) >= 11 is 0. The van der Waals surface area contributed by atoms with Crippen LogP contribution in [0.2, 0.25) is 0 Å². The molecular formula is C23H32N2O4S. The Labute approximate surface area is 180 Å². The van der Waals surface area contributed by atoms with Crippen LogP contribution in [0.1, 0.15) is 37.0 Å². The zero-order valence-corrected chi connectivity index (χ0v) is 19.4. The van der Waals surface area contributed by atoms with Gasteiger partial charge in [-0.2, -0.15) is 0 Å². The molecule has 0 aliphatic heterocycles. The van der Waals surface area contributed by atoms with E-state index in [-0.39, 0.29) is 18.6 Å². The molecule has 1 N–H and O–H groups in total. The average Bonchev–Trinajstić information content (AvgIpc) is 2.63. The van der Waals surface area contributed by atoms with Crippen LogP contribution >= 0.6 is 0 Å². The number of carbonyl (C=O) groups excluding carboxylic acids is 1. The van der Waals surface area contributed by atoms with Crippen molar-refractivity contribution in [2.75, 3.05) is 17.2 Å². The number of amides is 1. The highest BCUT2D eigenvalue weighted by atomic mass is 32.2. The van der Waals surface area contributed by atoms with Gasteiger partial charge in [0.05, 0.1) is 18.0 Å². The molecule has 2 atom stereocenters. The quantitative estimate of drug-likeness (QED) is 0.655. The van der Waals surface area contributed by atoms with Crippen molar-refractivity contribution >= 4 is 21.6 Å². The number of para-hydroxylation sites is 1. The molecule has 0 bridgehead atoms. The van der Waals surface area contributed by atoms with Gasteiger partial charge in [0.1, 0.15) is 18.4 Å². The van der Waals surface area contributed by atoms with Crippen LogP contribution in [0.5, 0.6) is 5.75 Å². The van der Waals surface area contributed by atoms with Gasteiger partial charge >= 0.3 is 0 Å². The van der Waals surface area contributed by atoms with Crippen LogP contribution in [-0.4, -0.2) is 39.3 Å². The van der Waals surface area contributed by atoms with Crippen molar-refractivity contribution in [2.45, 2.75) is 53.1 Å². The van der Waals surface area contributed by atoms with Gasteiger partial charge in [-0.25, -0.2) is 8.42 Å². The molecule has 2 rings (SSSR count). The third kappa shape index (κ3) is 6.23. The summed E-state index contributed by atoms with van der Waals surface area (Å²) < 4.78 is 32.3. The van der Waals surface area contributed by atoms with E-state index in [1.807, 2.05) is 58.0 Å². The van der Waals surface area contributed by atoms with Crippen molar-refractivity contribution in [3.8, 4) is 5.75 Å². The highest BCUT2D eigenvalue weighted by Gasteiger charge is 2.32. The fraction of sp³-hybridized carbons (Fsp3) is 0.435. The first-order chi connectivity index (χ1) is 14.0. The molecule has 0 unspecified atom stereocenters. The minimum atomic E-state index is -3.66. The normalized spacial score (nSPS) is 13.4. The number of hydrogen-bond acceptors (Lipinski definition) is 4. The number of aryl methyl sites for hydroxylation is 3. The first kappa shape index (κ1) is 23.7. The van der Waals surface area contributed by atoms with E-state index in [0.29, 0.717) is 12.1 Å². The molecule has 0 radical (unpaired) electrons. The number of carbonyl (C=O) groups is 1. The molecular weight excluding hydrogens is 400 g/mol. The molecule has 0 aliphatic rings. The standard InChI is InChI=1S/C23H32N2O4S/c1-7-21(25(30(6,27)28)20-13-16(2)12-17(3)14-20)23(26)24-19(5)15-29-22-11-9-8-10-18(22)4/h8-14,19,21H,7,15H2,1-6H3,(H,24,26)/t19-,21-/m1/s1. The van der Waals surface area contributed by atoms with Crippen LogP contribution in [0.25, 0.3) is 0 Å². The van der Waals surface area contributed by atoms with Gasteiger partial charge in [0, 0.05) is 0 Å². The van der Waals surface area contributed by atoms with Gasteiger partial charge < -0.3 is 10.1 Å². The Morgan fingerprint density at radius 1 is 1.10 bits per heavy atom. The number of anilines is 1. The van der Waals surface area contributed by atoms with Crippen LogP contribution in [0.3, 0.4) is 0 Å². The second kappa shape index (κ2) is 9.98. The third-order valence-corrected chi connectivity index (χ3v) is 5.94. The number of rotatable bonds is 9. The Balaban J connectivity index is 2.18. The molecule has 2 aromatic rings. The van der Waals surface area contributed by atoms with E-state index in [4.69, 9.17) is 4.74 Å². The van der Waals surface area contributed by atoms with E-state index in [1.54, 1.807) is 19.1 Å². The third-order valence-electron chi connectivity index (χ3n) is 4.76. The van der Waals surface area contributed by atoms with Gasteiger partial charge in [0.15, 0.2) is 0 Å². The SMILES string of the molecule is CC[C@H](C(=O)N[C@H](C)COc1ccccc1C)N(c1cc(C)cc(C)c1)S(C)(=O)=O. The molecule has 6 nitrogen and oxygen atoms in total. The Kier molecular flexibility index (Phi) is 7.89. The minimum absolute atomic E-state index is 0.285. The zero-order valence-electron chi connectivity index (χ0n) is 18.6. The molecule has 0 aliphatic carbocycles. The summed E-state index contributed by atoms with van der Waals surface area (Å²) in [4.78, 5) is 13.0. The van der Waals surface area contributed by atoms with Crippen LogP contribution < -0.4 is 14.4 Å². The molecule has 0 spiro atoms. The first-order valence-electron chi connectivity index (χ1n) is 10.1. The lowest BCUT2D eigenvalue weighted by molar-refractivity contribution is -0.123. The smallest absolute Gasteiger partial charge is 0.244 e. The lowest BCUT2D eigenvalue weighted by atomic mass is 10.1. The zero-order chi connectivity index (χ0) is 22.5. The number of hydrogen-bond donors (Lipinski definition) is 1. The maximum Gasteiger partial charge on any atom is 0.244 e. The van der Waals surface area contributed by atoms with Gasteiger partial charge in [-0.1, -0.05) is 31.2 Å². The van der Waals surface area contributed by atoms with E-state index in [2.05, 4.69) is 5.32 Å². The largest absolute Gasteiger partial charge is 0.491 e. The minimum Gasteiger partial charge on any atom is -0.491 e. The molecule has 0 saturated heterocycles. The summed E-state index contributed by atoms with van der Waals surface area (Å²) in [5.74, 6) is 0.418. The van der Waals surface area contributed by atoms with Gasteiger partial charge in [-0.05, 0) is 69.0 Å². The number of nitrogens with zero attached hydrogens (tertiary/aromatic N) is 1. The maximum atomic E-state index is 13.0. The highest BCUT2D eigenvalue weighted by molar-refractivity contribution is 7.92. The summed E-state index contributed by atoms with van der Waals surface area (Å²) in [5.41, 5.74) is 3.39. The van der Waals surface area contributed by atoms with Gasteiger partial charge in [0.2, 0.25) is 15.9 Å². The van der Waals surface area contributed by atoms with Crippen molar-refractivity contribution in [3.63, 3.8) is 0 Å². The summed E-state index contributed by atoms with van der Waals surface area (Å²) in [7, 11) is -3.66. The van der Waals surface area contributed by atoms with Crippen LogP contribution in [0.4, 0.5) is 5.69 Å². The number of nitrogens with one attached hydrogen (secondary N) is 1. The van der Waals surface area contributed by atoms with Crippen molar-refractivity contribution in [1.29, 1.82) is 0 Å². The fourth-order valence-corrected chi connectivity index (χ4v) is 4.65. The molecule has 0 fully saturated rings. The van der Waals surface area contributed by atoms with Crippen molar-refractivity contribution in [1.82, 2.24) is 5.32 Å². The van der Waals surface area contributed by atoms with E-state index < -0.39 is 16.1 Å². The average molecular weight is 433 g/mol. The summed E-state index contributed by atoms with van der Waals surface area (Å²) in [6.07, 6.45) is 1.47. The topological polar surface area (TPSA) is 75.7 Å². The second-order valence-electron chi connectivity index (χ2n) is 7.81. The number of sulfonamides is 1. The first-order valence-corrected chi connectivity index (χ1v) is 11.9. The molecule has 30 heavy (non-hydrogen) atoms. The molecule has 0 saturated carbocycles. The maximum absolute atomic E-state index is 13.0. The predicted molar refractivity (Wildman–Crippen MR) is 122 cm³/mol. The van der Waals surface area contributed by atoms with E-state index in [0.717, 1.165) is 28.7 Å². The summed E-state index contributed by atoms with van der Waals surface area (Å²) in [5, 5.41) is 2.90. The van der Waals surface area contributed by atoms with Gasteiger partial charge in [-0.15, -0.1) is 0 Å². The summed E-state index contributed by atoms with van der Waals surface area (Å²) in [6, 6.07) is 12.1. The Bertz CT molecular complexity index is 968. The number of ether oxygens (including phenoxy) is 1. The lowest BCUT2D eigenvalue weighted by Crippen LogP contribution is -2.52. The van der Waals surface area contributed by atoms with Crippen molar-refractivity contribution in [3.05, 3.63) is 59.2 Å². The van der Waals surface area contributed by atoms with E-state index in [1.165, 1.54) is 4.31 Å². The fourth-order valence-electron chi connectivity index (χ4n) is 3.45. The molecule has 0 aromatic heterocycles. The Morgan fingerprint density at radius 3 is 2.23 bits per heavy atom. The summed E-state index contributed by atoms with van der Waals surface area (Å²) in [6.45, 7) is 9.70. The molecule has 0 heterocycles. The van der Waals surface area contributed by atoms with Crippen molar-refractivity contribution in [2.24, 2.45) is 0 Å². The lowest BCUT2D eigenvalue weighted by Gasteiger charge is -2.31. The molecule has 2 aromatic carbocycles. The molecule has 7 heteroatoms. The monoisotopic (exact) mass is 432 g/mol. The van der Waals surface area contributed by atoms with E-state index >= 15 is 0 Å². The van der Waals surface area contributed by atoms with E-state index in [9.17, 15) is 13.2 Å². The Hall–Kier alpha value is -2.54. The molecule has 164 valence electrons. The predicted octanol–water partition coefficient (Wildman–Crippen LogP) is 3.74. The Morgan fingerprint density at radius 2 is 1.70 bits per heavy atom. The number of benzene rings is 2. The van der Waals surface area contributed by atoms with Crippen molar-refractivity contribution < 1.29 is 17.9 Å². The van der Waals surface area contributed by atoms with Gasteiger partial charge in [0.25, 0.3) is 0 Å².